The molecule has 2 N–H and O–H groups in total. The molecule has 174 valence electrons. The van der Waals surface area contributed by atoms with Crippen LogP contribution in [0.15, 0.2) is 30.5 Å². The van der Waals surface area contributed by atoms with Crippen LogP contribution in [0.4, 0.5) is 13.2 Å². The number of ether oxygens (including phenoxy) is 1. The summed E-state index contributed by atoms with van der Waals surface area (Å²) >= 11 is 0. The normalized spacial score (nSPS) is 22.1. The number of aromatic nitrogens is 2. The number of fused-ring (bicyclic) bond motifs is 1. The smallest absolute Gasteiger partial charge is 0.410 e. The van der Waals surface area contributed by atoms with E-state index in [9.17, 15) is 18.0 Å². The molecule has 1 aromatic heterocycles. The van der Waals surface area contributed by atoms with Crippen molar-refractivity contribution in [3.63, 3.8) is 0 Å². The van der Waals surface area contributed by atoms with Crippen LogP contribution < -0.4 is 15.4 Å². The minimum atomic E-state index is -4.49. The molecule has 32 heavy (non-hydrogen) atoms. The van der Waals surface area contributed by atoms with E-state index in [-0.39, 0.29) is 30.1 Å². The summed E-state index contributed by atoms with van der Waals surface area (Å²) in [6, 6.07) is 4.62. The van der Waals surface area contributed by atoms with Gasteiger partial charge in [0.25, 0.3) is 5.91 Å². The van der Waals surface area contributed by atoms with E-state index in [4.69, 9.17) is 4.74 Å². The maximum absolute atomic E-state index is 14.0. The van der Waals surface area contributed by atoms with Gasteiger partial charge in [0.1, 0.15) is 11.8 Å². The molecular formula is C23H29F3N4O2. The molecule has 2 unspecified atom stereocenters. The van der Waals surface area contributed by atoms with E-state index < -0.39 is 18.3 Å². The lowest BCUT2D eigenvalue weighted by molar-refractivity contribution is -0.173. The highest BCUT2D eigenvalue weighted by Crippen LogP contribution is 2.40. The Morgan fingerprint density at radius 2 is 1.94 bits per heavy atom. The Kier molecular flexibility index (Phi) is 6.74. The van der Waals surface area contributed by atoms with Gasteiger partial charge in [-0.25, -0.2) is 0 Å². The summed E-state index contributed by atoms with van der Waals surface area (Å²) in [5.74, 6) is 0.712. The van der Waals surface area contributed by atoms with Crippen LogP contribution in [0.2, 0.25) is 0 Å². The average Bonchev–Trinajstić information content (AvgIpc) is 3.11. The van der Waals surface area contributed by atoms with E-state index in [1.807, 2.05) is 0 Å². The Hall–Kier alpha value is -2.55. The van der Waals surface area contributed by atoms with E-state index in [1.54, 1.807) is 31.4 Å². The SMILES string of the molecule is COc1ccc(C2CC(C(F)(F)F)n3ncc(C(=O)NCC4CCCCC4)c3CN2)cc1. The summed E-state index contributed by atoms with van der Waals surface area (Å²) in [4.78, 5) is 12.8. The molecule has 2 aromatic rings. The van der Waals surface area contributed by atoms with Crippen LogP contribution in [0, 0.1) is 5.92 Å². The van der Waals surface area contributed by atoms with E-state index in [0.717, 1.165) is 35.9 Å². The van der Waals surface area contributed by atoms with Gasteiger partial charge >= 0.3 is 6.18 Å². The predicted octanol–water partition coefficient (Wildman–Crippen LogP) is 4.54. The molecule has 6 nitrogen and oxygen atoms in total. The van der Waals surface area contributed by atoms with E-state index >= 15 is 0 Å². The first-order valence-electron chi connectivity index (χ1n) is 11.2. The van der Waals surface area contributed by atoms with Crippen molar-refractivity contribution in [3.05, 3.63) is 47.3 Å². The van der Waals surface area contributed by atoms with Gasteiger partial charge in [-0.3, -0.25) is 9.48 Å². The second-order valence-corrected chi connectivity index (χ2v) is 8.66. The summed E-state index contributed by atoms with van der Waals surface area (Å²) in [6.07, 6.45) is 2.25. The third-order valence-electron chi connectivity index (χ3n) is 6.59. The zero-order valence-electron chi connectivity index (χ0n) is 18.1. The van der Waals surface area contributed by atoms with Crippen molar-refractivity contribution < 1.29 is 22.7 Å². The summed E-state index contributed by atoms with van der Waals surface area (Å²) in [5, 5.41) is 10.1. The van der Waals surface area contributed by atoms with Crippen molar-refractivity contribution in [3.8, 4) is 5.75 Å². The Balaban J connectivity index is 1.54. The molecule has 0 spiro atoms. The quantitative estimate of drug-likeness (QED) is 0.702. The Bertz CT molecular complexity index is 920. The maximum atomic E-state index is 14.0. The second-order valence-electron chi connectivity index (χ2n) is 8.66. The largest absolute Gasteiger partial charge is 0.497 e. The van der Waals surface area contributed by atoms with Gasteiger partial charge in [0.15, 0.2) is 0 Å². The number of carbonyl (C=O) groups is 1. The first-order chi connectivity index (χ1) is 15.4. The average molecular weight is 451 g/mol. The number of benzene rings is 1. The summed E-state index contributed by atoms with van der Waals surface area (Å²) < 4.78 is 48.1. The minimum absolute atomic E-state index is 0.120. The van der Waals surface area contributed by atoms with Gasteiger partial charge in [0.05, 0.1) is 24.6 Å². The zero-order valence-corrected chi connectivity index (χ0v) is 18.1. The Morgan fingerprint density at radius 3 is 2.59 bits per heavy atom. The Morgan fingerprint density at radius 1 is 1.22 bits per heavy atom. The van der Waals surface area contributed by atoms with Crippen LogP contribution in [-0.2, 0) is 6.54 Å². The van der Waals surface area contributed by atoms with Gasteiger partial charge < -0.3 is 15.4 Å². The number of hydrogen-bond acceptors (Lipinski definition) is 4. The van der Waals surface area contributed by atoms with Crippen LogP contribution in [0.25, 0.3) is 0 Å². The van der Waals surface area contributed by atoms with Crippen LogP contribution >= 0.6 is 0 Å². The van der Waals surface area contributed by atoms with Gasteiger partial charge in [-0.1, -0.05) is 31.4 Å². The lowest BCUT2D eigenvalue weighted by atomic mass is 9.89. The number of rotatable bonds is 5. The Labute approximate surface area is 185 Å². The molecule has 0 radical (unpaired) electrons. The third kappa shape index (κ3) is 4.92. The summed E-state index contributed by atoms with van der Waals surface area (Å²) in [7, 11) is 1.54. The van der Waals surface area contributed by atoms with Crippen molar-refractivity contribution in [2.75, 3.05) is 13.7 Å². The number of hydrogen-bond donors (Lipinski definition) is 2. The van der Waals surface area contributed by atoms with Crippen molar-refractivity contribution >= 4 is 5.91 Å². The molecule has 1 saturated carbocycles. The van der Waals surface area contributed by atoms with E-state index in [2.05, 4.69) is 15.7 Å². The molecule has 1 aliphatic carbocycles. The number of nitrogens with one attached hydrogen (secondary N) is 2. The lowest BCUT2D eigenvalue weighted by Gasteiger charge is -2.24. The molecule has 0 saturated heterocycles. The van der Waals surface area contributed by atoms with Crippen molar-refractivity contribution in [2.24, 2.45) is 5.92 Å². The highest BCUT2D eigenvalue weighted by atomic mass is 19.4. The highest BCUT2D eigenvalue weighted by molar-refractivity contribution is 5.95. The van der Waals surface area contributed by atoms with Crippen LogP contribution in [0.5, 0.6) is 5.75 Å². The fraction of sp³-hybridized carbons (Fsp3) is 0.565. The third-order valence-corrected chi connectivity index (χ3v) is 6.59. The minimum Gasteiger partial charge on any atom is -0.497 e. The van der Waals surface area contributed by atoms with Crippen molar-refractivity contribution in [1.82, 2.24) is 20.4 Å². The van der Waals surface area contributed by atoms with Gasteiger partial charge in [-0.2, -0.15) is 18.3 Å². The molecule has 9 heteroatoms. The molecule has 2 atom stereocenters. The second kappa shape index (κ2) is 9.52. The number of alkyl halides is 3. The fourth-order valence-corrected chi connectivity index (χ4v) is 4.73. The van der Waals surface area contributed by atoms with Crippen molar-refractivity contribution in [1.29, 1.82) is 0 Å². The van der Waals surface area contributed by atoms with Crippen LogP contribution in [0.3, 0.4) is 0 Å². The molecular weight excluding hydrogens is 421 g/mol. The lowest BCUT2D eigenvalue weighted by Crippen LogP contribution is -2.31. The molecule has 1 aromatic carbocycles. The standard InChI is InChI=1S/C23H29F3N4O2/c1-32-17-9-7-16(8-10-17)19-11-21(23(24,25)26)30-20(14-27-19)18(13-29-30)22(31)28-12-15-5-3-2-4-6-15/h7-10,13,15,19,21,27H,2-6,11-12,14H2,1H3,(H,28,31). The molecule has 4 rings (SSSR count). The van der Waals surface area contributed by atoms with Crippen molar-refractivity contribution in [2.45, 2.75) is 63.3 Å². The number of halogens is 3. The van der Waals surface area contributed by atoms with E-state index in [1.165, 1.54) is 12.6 Å². The first kappa shape index (κ1) is 22.6. The molecule has 2 heterocycles. The molecule has 1 amide bonds. The fourth-order valence-electron chi connectivity index (χ4n) is 4.73. The topological polar surface area (TPSA) is 68.2 Å². The summed E-state index contributed by atoms with van der Waals surface area (Å²) in [5.41, 5.74) is 1.21. The first-order valence-corrected chi connectivity index (χ1v) is 11.2. The number of nitrogens with zero attached hydrogens (tertiary/aromatic N) is 2. The van der Waals surface area contributed by atoms with E-state index in [0.29, 0.717) is 18.2 Å². The summed E-state index contributed by atoms with van der Waals surface area (Å²) in [6.45, 7) is 0.670. The molecule has 2 aliphatic rings. The van der Waals surface area contributed by atoms with Gasteiger partial charge in [0, 0.05) is 19.1 Å². The number of amides is 1. The number of methoxy groups -OCH3 is 1. The molecule has 1 fully saturated rings. The maximum Gasteiger partial charge on any atom is 0.410 e. The molecule has 1 aliphatic heterocycles. The highest BCUT2D eigenvalue weighted by Gasteiger charge is 2.45. The van der Waals surface area contributed by atoms with Gasteiger partial charge in [-0.05, 0) is 42.9 Å². The monoisotopic (exact) mass is 450 g/mol. The number of carbonyl (C=O) groups excluding carboxylic acids is 1. The molecule has 0 bridgehead atoms. The zero-order chi connectivity index (χ0) is 22.7. The van der Waals surface area contributed by atoms with Crippen LogP contribution in [-0.4, -0.2) is 35.5 Å². The van der Waals surface area contributed by atoms with Gasteiger partial charge in [0.2, 0.25) is 0 Å². The van der Waals surface area contributed by atoms with Crippen LogP contribution in [0.1, 0.15) is 72.2 Å². The van der Waals surface area contributed by atoms with Gasteiger partial charge in [-0.15, -0.1) is 0 Å². The predicted molar refractivity (Wildman–Crippen MR) is 113 cm³/mol.